The maximum Gasteiger partial charge on any atom is 0.164 e. The van der Waals surface area contributed by atoms with Crippen LogP contribution in [0.5, 0.6) is 0 Å². The average Bonchev–Trinajstić information content (AvgIpc) is 0.755. The van der Waals surface area contributed by atoms with E-state index >= 15 is 0 Å². The molecule has 0 saturated carbocycles. The maximum atomic E-state index is 5.35. The van der Waals surface area contributed by atoms with Crippen LogP contribution < -0.4 is 0 Å². The molecule has 0 aliphatic heterocycles. The van der Waals surface area contributed by atoms with Gasteiger partial charge < -0.3 is 0 Å². The van der Waals surface area contributed by atoms with Crippen LogP contribution in [0.2, 0.25) is 0 Å². The first kappa shape index (κ1) is 69.5. The Morgan fingerprint density at radius 2 is 0.422 bits per heavy atom. The van der Waals surface area contributed by atoms with Crippen LogP contribution in [-0.2, 0) is 0 Å². The van der Waals surface area contributed by atoms with Crippen LogP contribution in [0.25, 0.3) is 212 Å². The van der Waals surface area contributed by atoms with E-state index in [2.05, 4.69) is 328 Å². The van der Waals surface area contributed by atoms with E-state index in [-0.39, 0.29) is 0 Å². The van der Waals surface area contributed by atoms with Gasteiger partial charge in [0.05, 0.1) is 56.2 Å². The highest BCUT2D eigenvalue weighted by molar-refractivity contribution is 6.11. The monoisotopic (exact) mass is 1480 g/mol. The van der Waals surface area contributed by atoms with Crippen molar-refractivity contribution < 1.29 is 0 Å². The Balaban J connectivity index is 0.000000150. The third-order valence-corrected chi connectivity index (χ3v) is 21.6. The third kappa shape index (κ3) is 14.2. The summed E-state index contributed by atoms with van der Waals surface area (Å²) < 4.78 is 0. The molecule has 0 amide bonds. The minimum atomic E-state index is 0.629. The van der Waals surface area contributed by atoms with Crippen molar-refractivity contribution in [3.05, 3.63) is 425 Å². The third-order valence-electron chi connectivity index (χ3n) is 21.6. The largest absolute Gasteiger partial charge is 0.248 e. The predicted molar refractivity (Wildman–Crippen MR) is 479 cm³/mol. The molecule has 0 bridgehead atoms. The summed E-state index contributed by atoms with van der Waals surface area (Å²) in [5, 5.41) is 6.65. The number of rotatable bonds is 14. The van der Waals surface area contributed by atoms with Crippen molar-refractivity contribution >= 4 is 54.4 Å². The van der Waals surface area contributed by atoms with E-state index in [1.807, 2.05) is 97.1 Å². The second kappa shape index (κ2) is 30.9. The molecule has 8 nitrogen and oxygen atoms in total. The molecule has 15 aromatic carbocycles. The Kier molecular flexibility index (Phi) is 18.5. The van der Waals surface area contributed by atoms with Crippen molar-refractivity contribution in [3.8, 4) is 157 Å². The van der Waals surface area contributed by atoms with Gasteiger partial charge in [0, 0.05) is 71.6 Å². The highest BCUT2D eigenvalue weighted by Crippen LogP contribution is 2.42. The van der Waals surface area contributed by atoms with E-state index < -0.39 is 0 Å². The summed E-state index contributed by atoms with van der Waals surface area (Å²) in [4.78, 5) is 41.1. The van der Waals surface area contributed by atoms with Gasteiger partial charge in [-0.1, -0.05) is 370 Å². The van der Waals surface area contributed by atoms with Crippen molar-refractivity contribution in [2.75, 3.05) is 0 Å². The van der Waals surface area contributed by atoms with E-state index in [9.17, 15) is 0 Å². The van der Waals surface area contributed by atoms with Crippen LogP contribution in [0.15, 0.2) is 425 Å². The lowest BCUT2D eigenvalue weighted by Crippen LogP contribution is -2.00. The SMILES string of the molecule is c1ccc(-c2cc(-c3ccccc3)nc(-c3ccc(-c4cccc(-c5cc(-c6ccccc6)nc6c5ccc5ccc(-c7ccc8ccccc8c7)nc56)c4)cc3)c2)cc1.c1ccc(-c2ccc3ccc4c(-c5ccc(-c6cccc(-c7nc(-c8ccccc8)nc(-c8ccccc8)n7)c6)cc5)cc(-c5ccccc5)nc4c3n2)cc1. The molecular formula is C108H70N8. The van der Waals surface area contributed by atoms with Gasteiger partial charge >= 0.3 is 0 Å². The minimum absolute atomic E-state index is 0.629. The second-order valence-corrected chi connectivity index (χ2v) is 28.9. The van der Waals surface area contributed by atoms with Gasteiger partial charge in [0.2, 0.25) is 0 Å². The molecule has 8 heteroatoms. The first-order chi connectivity index (χ1) is 57.4. The number of nitrogens with zero attached hydrogens (tertiary/aromatic N) is 8. The molecular weight excluding hydrogens is 1410 g/mol. The molecule has 542 valence electrons. The van der Waals surface area contributed by atoms with E-state index in [1.54, 1.807) is 0 Å². The number of pyridine rings is 5. The van der Waals surface area contributed by atoms with Gasteiger partial charge in [-0.15, -0.1) is 0 Å². The van der Waals surface area contributed by atoms with Crippen LogP contribution >= 0.6 is 0 Å². The molecule has 0 aliphatic carbocycles. The summed E-state index contributed by atoms with van der Waals surface area (Å²) >= 11 is 0. The fourth-order valence-corrected chi connectivity index (χ4v) is 15.6. The molecule has 0 unspecified atom stereocenters. The first-order valence-electron chi connectivity index (χ1n) is 39.0. The standard InChI is InChI=1S/C57H37N3.C51H33N5/c1-4-13-38(14-5-1)49-35-53(41-16-6-2-7-17-41)58-54(36-49)43-26-23-40(24-27-43)46-21-12-22-47(33-46)51-37-55(42-18-8-3-9-19-42)60-57-50(51)31-29-44-30-32-52(59-56(44)57)48-28-25-39-15-10-11-20-45(39)34-48;1-5-14-36(15-6-1)45-31-29-38-28-30-43-44(33-46(37-16-7-2-8-17-37)53-48(43)47(38)52-45)35-26-24-34(25-27-35)41-22-13-23-42(32-41)51-55-49(39-18-9-3-10-19-39)54-50(56-51)40-20-11-4-12-21-40/h1-37H;1-33H. The molecule has 6 heterocycles. The minimum Gasteiger partial charge on any atom is -0.248 e. The fraction of sp³-hybridized carbons (Fsp3) is 0. The van der Waals surface area contributed by atoms with Gasteiger partial charge in [-0.05, 0) is 121 Å². The molecule has 0 N–H and O–H groups in total. The van der Waals surface area contributed by atoms with Crippen molar-refractivity contribution in [2.24, 2.45) is 0 Å². The molecule has 0 atom stereocenters. The zero-order valence-corrected chi connectivity index (χ0v) is 63.0. The molecule has 0 saturated heterocycles. The van der Waals surface area contributed by atoms with Gasteiger partial charge in [-0.25, -0.2) is 39.9 Å². The number of benzene rings is 15. The van der Waals surface area contributed by atoms with Gasteiger partial charge in [-0.3, -0.25) is 0 Å². The highest BCUT2D eigenvalue weighted by atomic mass is 15.0. The zero-order valence-electron chi connectivity index (χ0n) is 63.0. The Bertz CT molecular complexity index is 7080. The lowest BCUT2D eigenvalue weighted by atomic mass is 9.94. The van der Waals surface area contributed by atoms with Crippen molar-refractivity contribution in [1.82, 2.24) is 39.9 Å². The summed E-state index contributed by atoms with van der Waals surface area (Å²) in [6.45, 7) is 0. The lowest BCUT2D eigenvalue weighted by molar-refractivity contribution is 1.07. The molecule has 0 aliphatic rings. The Morgan fingerprint density at radius 3 is 0.905 bits per heavy atom. The Morgan fingerprint density at radius 1 is 0.121 bits per heavy atom. The van der Waals surface area contributed by atoms with Crippen molar-refractivity contribution in [1.29, 1.82) is 0 Å². The van der Waals surface area contributed by atoms with Crippen LogP contribution in [0, 0.1) is 0 Å². The van der Waals surface area contributed by atoms with Gasteiger partial charge in [0.15, 0.2) is 17.5 Å². The Hall–Kier alpha value is -15.6. The summed E-state index contributed by atoms with van der Waals surface area (Å²) in [6, 6.07) is 148. The summed E-state index contributed by atoms with van der Waals surface area (Å²) in [5.74, 6) is 1.91. The second-order valence-electron chi connectivity index (χ2n) is 28.9. The fourth-order valence-electron chi connectivity index (χ4n) is 15.6. The smallest absolute Gasteiger partial charge is 0.164 e. The Labute approximate surface area is 671 Å². The van der Waals surface area contributed by atoms with Crippen LogP contribution in [-0.4, -0.2) is 39.9 Å². The van der Waals surface area contributed by atoms with E-state index in [4.69, 9.17) is 39.9 Å². The summed E-state index contributed by atoms with van der Waals surface area (Å²) in [7, 11) is 0. The molecule has 21 aromatic rings. The lowest BCUT2D eigenvalue weighted by Gasteiger charge is -2.14. The van der Waals surface area contributed by atoms with Gasteiger partial charge in [0.25, 0.3) is 0 Å². The van der Waals surface area contributed by atoms with E-state index in [0.717, 1.165) is 178 Å². The predicted octanol–water partition coefficient (Wildman–Crippen LogP) is 27.6. The molecule has 0 spiro atoms. The number of hydrogen-bond donors (Lipinski definition) is 0. The summed E-state index contributed by atoms with van der Waals surface area (Å²) in [5.41, 5.74) is 29.6. The average molecular weight is 1480 g/mol. The highest BCUT2D eigenvalue weighted by Gasteiger charge is 2.20. The van der Waals surface area contributed by atoms with E-state index in [0.29, 0.717) is 17.5 Å². The van der Waals surface area contributed by atoms with Gasteiger partial charge in [0.1, 0.15) is 0 Å². The normalized spacial score (nSPS) is 11.3. The zero-order chi connectivity index (χ0) is 77.1. The van der Waals surface area contributed by atoms with Crippen LogP contribution in [0.1, 0.15) is 0 Å². The number of hydrogen-bond acceptors (Lipinski definition) is 8. The quantitative estimate of drug-likeness (QED) is 0.0992. The summed E-state index contributed by atoms with van der Waals surface area (Å²) in [6.07, 6.45) is 0. The number of aromatic nitrogens is 8. The topological polar surface area (TPSA) is 103 Å². The molecule has 21 rings (SSSR count). The first-order valence-corrected chi connectivity index (χ1v) is 39.0. The molecule has 0 fully saturated rings. The molecule has 6 aromatic heterocycles. The van der Waals surface area contributed by atoms with Gasteiger partial charge in [-0.2, -0.15) is 0 Å². The molecule has 0 radical (unpaired) electrons. The number of fused-ring (bicyclic) bond motifs is 7. The maximum absolute atomic E-state index is 5.35. The van der Waals surface area contributed by atoms with Crippen LogP contribution in [0.3, 0.4) is 0 Å². The molecule has 116 heavy (non-hydrogen) atoms. The van der Waals surface area contributed by atoms with Crippen molar-refractivity contribution in [2.45, 2.75) is 0 Å². The van der Waals surface area contributed by atoms with Crippen molar-refractivity contribution in [3.63, 3.8) is 0 Å². The van der Waals surface area contributed by atoms with E-state index in [1.165, 1.54) is 16.3 Å². The van der Waals surface area contributed by atoms with Crippen LogP contribution in [0.4, 0.5) is 0 Å².